The average Bonchev–Trinajstić information content (AvgIpc) is 2.20. The third-order valence-corrected chi connectivity index (χ3v) is 1.64. The Labute approximate surface area is 90.4 Å². The largest absolute Gasteiger partial charge is 0.502 e. The van der Waals surface area contributed by atoms with Gasteiger partial charge in [0, 0.05) is 0 Å². The van der Waals surface area contributed by atoms with Crippen LogP contribution in [0.25, 0.3) is 0 Å². The molecule has 0 radical (unpaired) electrons. The summed E-state index contributed by atoms with van der Waals surface area (Å²) in [7, 11) is 0. The zero-order chi connectivity index (χ0) is 12.2. The molecular weight excluding hydrogens is 222 g/mol. The Morgan fingerprint density at radius 3 is 2.44 bits per heavy atom. The van der Waals surface area contributed by atoms with Gasteiger partial charge in [-0.3, -0.25) is 0 Å². The molecule has 0 saturated carbocycles. The molecule has 1 rings (SSSR count). The molecule has 0 amide bonds. The molecule has 0 saturated heterocycles. The summed E-state index contributed by atoms with van der Waals surface area (Å²) in [6.45, 7) is 1.94. The van der Waals surface area contributed by atoms with Crippen molar-refractivity contribution in [2.24, 2.45) is 0 Å². The summed E-state index contributed by atoms with van der Waals surface area (Å²) in [5, 5.41) is 8.21. The van der Waals surface area contributed by atoms with E-state index in [9.17, 15) is 13.6 Å². The normalized spacial score (nSPS) is 10.9. The molecule has 0 aliphatic carbocycles. The highest BCUT2D eigenvalue weighted by Crippen LogP contribution is 2.31. The number of halogens is 2. The van der Waals surface area contributed by atoms with Crippen LogP contribution in [0.3, 0.4) is 0 Å². The number of carboxylic acid groups (broad SMARTS) is 1. The summed E-state index contributed by atoms with van der Waals surface area (Å²) in [5.41, 5.74) is 0. The summed E-state index contributed by atoms with van der Waals surface area (Å²) in [4.78, 5) is 10.2. The number of para-hydroxylation sites is 2. The number of hydrogen-bond acceptors (Lipinski definition) is 3. The molecule has 16 heavy (non-hydrogen) atoms. The Bertz CT molecular complexity index is 379. The number of ether oxygens (including phenoxy) is 2. The molecule has 1 aromatic rings. The van der Waals surface area contributed by atoms with Crippen LogP contribution in [0.1, 0.15) is 6.92 Å². The topological polar surface area (TPSA) is 55.8 Å². The molecule has 1 N–H and O–H groups in total. The quantitative estimate of drug-likeness (QED) is 0.844. The monoisotopic (exact) mass is 232 g/mol. The van der Waals surface area contributed by atoms with Gasteiger partial charge in [-0.25, -0.2) is 4.79 Å². The summed E-state index contributed by atoms with van der Waals surface area (Å²) in [6.07, 6.45) is -4.27. The van der Waals surface area contributed by atoms with Crippen LogP contribution in [0.4, 0.5) is 8.78 Å². The molecule has 0 aromatic heterocycles. The first-order valence-electron chi connectivity index (χ1n) is 4.49. The molecular formula is C10H10F2O4. The van der Waals surface area contributed by atoms with Crippen molar-refractivity contribution in [3.63, 3.8) is 0 Å². The molecule has 0 aliphatic rings. The van der Waals surface area contributed by atoms with E-state index >= 15 is 0 Å². The summed E-state index contributed by atoms with van der Waals surface area (Å²) >= 11 is 0. The molecule has 0 atom stereocenters. The van der Waals surface area contributed by atoms with Crippen molar-refractivity contribution in [1.29, 1.82) is 0 Å². The van der Waals surface area contributed by atoms with Crippen molar-refractivity contribution in [3.05, 3.63) is 24.3 Å². The molecule has 0 spiro atoms. The summed E-state index contributed by atoms with van der Waals surface area (Å²) in [5.74, 6) is -2.58. The minimum Gasteiger partial charge on any atom is -0.490 e. The van der Waals surface area contributed by atoms with Crippen molar-refractivity contribution < 1.29 is 28.2 Å². The van der Waals surface area contributed by atoms with E-state index in [1.807, 2.05) is 0 Å². The number of aliphatic carboxylic acids is 1. The molecule has 88 valence electrons. The second kappa shape index (κ2) is 4.78. The number of carbonyl (C=O) groups is 1. The zero-order valence-corrected chi connectivity index (χ0v) is 8.44. The van der Waals surface area contributed by atoms with Crippen molar-refractivity contribution in [2.75, 3.05) is 6.61 Å². The van der Waals surface area contributed by atoms with Crippen LogP contribution in [0.2, 0.25) is 0 Å². The number of benzene rings is 1. The highest BCUT2D eigenvalue weighted by molar-refractivity contribution is 5.74. The van der Waals surface area contributed by atoms with Gasteiger partial charge in [0.1, 0.15) is 0 Å². The SMILES string of the molecule is CCOc1ccccc1OC(F)(F)C(=O)O. The lowest BCUT2D eigenvalue weighted by atomic mass is 10.3. The lowest BCUT2D eigenvalue weighted by Crippen LogP contribution is -2.34. The Morgan fingerprint density at radius 1 is 1.38 bits per heavy atom. The third-order valence-electron chi connectivity index (χ3n) is 1.64. The van der Waals surface area contributed by atoms with Gasteiger partial charge < -0.3 is 14.6 Å². The molecule has 0 bridgehead atoms. The first kappa shape index (κ1) is 12.2. The predicted molar refractivity (Wildman–Crippen MR) is 50.8 cm³/mol. The average molecular weight is 232 g/mol. The lowest BCUT2D eigenvalue weighted by Gasteiger charge is -2.15. The summed E-state index contributed by atoms with van der Waals surface area (Å²) < 4.78 is 34.7. The van der Waals surface area contributed by atoms with Gasteiger partial charge in [0.05, 0.1) is 6.61 Å². The van der Waals surface area contributed by atoms with Gasteiger partial charge in [0.25, 0.3) is 0 Å². The van der Waals surface area contributed by atoms with Crippen LogP contribution in [-0.2, 0) is 4.79 Å². The van der Waals surface area contributed by atoms with Crippen LogP contribution in [-0.4, -0.2) is 23.8 Å². The fourth-order valence-corrected chi connectivity index (χ4v) is 0.991. The smallest absolute Gasteiger partial charge is 0.490 e. The minimum atomic E-state index is -4.27. The predicted octanol–water partition coefficient (Wildman–Crippen LogP) is 2.14. The van der Waals surface area contributed by atoms with E-state index in [-0.39, 0.29) is 18.1 Å². The van der Waals surface area contributed by atoms with Crippen molar-refractivity contribution in [3.8, 4) is 11.5 Å². The van der Waals surface area contributed by atoms with Crippen molar-refractivity contribution >= 4 is 5.97 Å². The van der Waals surface area contributed by atoms with E-state index in [2.05, 4.69) is 4.74 Å². The van der Waals surface area contributed by atoms with E-state index in [1.165, 1.54) is 18.2 Å². The molecule has 4 nitrogen and oxygen atoms in total. The van der Waals surface area contributed by atoms with Gasteiger partial charge in [-0.2, -0.15) is 8.78 Å². The van der Waals surface area contributed by atoms with Gasteiger partial charge in [-0.05, 0) is 19.1 Å². The Hall–Kier alpha value is -1.85. The Balaban J connectivity index is 2.92. The number of alkyl halides is 2. The van der Waals surface area contributed by atoms with E-state index in [1.54, 1.807) is 13.0 Å². The van der Waals surface area contributed by atoms with Crippen LogP contribution in [0.5, 0.6) is 11.5 Å². The summed E-state index contributed by atoms with van der Waals surface area (Å²) in [6, 6.07) is 5.63. The highest BCUT2D eigenvalue weighted by Gasteiger charge is 2.43. The maximum Gasteiger partial charge on any atom is 0.502 e. The van der Waals surface area contributed by atoms with Crippen LogP contribution < -0.4 is 9.47 Å². The minimum absolute atomic E-state index is 0.0749. The number of hydrogen-bond donors (Lipinski definition) is 1. The molecule has 0 unspecified atom stereocenters. The van der Waals surface area contributed by atoms with Gasteiger partial charge in [0.15, 0.2) is 11.5 Å². The second-order valence-electron chi connectivity index (χ2n) is 2.80. The number of carboxylic acids is 1. The van der Waals surface area contributed by atoms with Crippen molar-refractivity contribution in [2.45, 2.75) is 13.0 Å². The van der Waals surface area contributed by atoms with Crippen LogP contribution >= 0.6 is 0 Å². The van der Waals surface area contributed by atoms with Gasteiger partial charge in [0.2, 0.25) is 0 Å². The molecule has 6 heteroatoms. The van der Waals surface area contributed by atoms with E-state index in [0.717, 1.165) is 0 Å². The fourth-order valence-electron chi connectivity index (χ4n) is 0.991. The third kappa shape index (κ3) is 2.82. The molecule has 1 aromatic carbocycles. The standard InChI is InChI=1S/C10H10F2O4/c1-2-15-7-5-3-4-6-8(7)16-10(11,12)9(13)14/h3-6H,2H2,1H3,(H,13,14). The first-order valence-corrected chi connectivity index (χ1v) is 4.49. The lowest BCUT2D eigenvalue weighted by molar-refractivity contribution is -0.211. The maximum absolute atomic E-state index is 12.8. The van der Waals surface area contributed by atoms with Gasteiger partial charge in [-0.15, -0.1) is 0 Å². The number of rotatable bonds is 5. The Morgan fingerprint density at radius 2 is 1.94 bits per heavy atom. The van der Waals surface area contributed by atoms with Gasteiger partial charge in [-0.1, -0.05) is 12.1 Å². The van der Waals surface area contributed by atoms with Crippen LogP contribution in [0, 0.1) is 0 Å². The van der Waals surface area contributed by atoms with Crippen molar-refractivity contribution in [1.82, 2.24) is 0 Å². The fraction of sp³-hybridized carbons (Fsp3) is 0.300. The van der Waals surface area contributed by atoms with Gasteiger partial charge >= 0.3 is 12.1 Å². The van der Waals surface area contributed by atoms with E-state index in [4.69, 9.17) is 9.84 Å². The maximum atomic E-state index is 12.8. The first-order chi connectivity index (χ1) is 7.47. The zero-order valence-electron chi connectivity index (χ0n) is 8.44. The highest BCUT2D eigenvalue weighted by atomic mass is 19.3. The molecule has 0 heterocycles. The van der Waals surface area contributed by atoms with E-state index < -0.39 is 12.1 Å². The van der Waals surface area contributed by atoms with Crippen LogP contribution in [0.15, 0.2) is 24.3 Å². The molecule has 0 aliphatic heterocycles. The molecule has 0 fully saturated rings. The Kier molecular flexibility index (Phi) is 3.65. The van der Waals surface area contributed by atoms with E-state index in [0.29, 0.717) is 0 Å². The second-order valence-corrected chi connectivity index (χ2v) is 2.80.